The molecule has 1 saturated heterocycles. The van der Waals surface area contributed by atoms with Gasteiger partial charge in [0.25, 0.3) is 5.91 Å². The van der Waals surface area contributed by atoms with Gasteiger partial charge in [-0.15, -0.1) is 12.4 Å². The molecule has 0 saturated carbocycles. The summed E-state index contributed by atoms with van der Waals surface area (Å²) in [5.41, 5.74) is 0.720. The minimum Gasteiger partial charge on any atom is -0.347 e. The second-order valence-corrected chi connectivity index (χ2v) is 4.47. The summed E-state index contributed by atoms with van der Waals surface area (Å²) in [6, 6.07) is 4.34. The number of hydrogen-bond acceptors (Lipinski definition) is 2. The van der Waals surface area contributed by atoms with Crippen molar-refractivity contribution in [3.05, 3.63) is 24.0 Å². The van der Waals surface area contributed by atoms with E-state index in [1.54, 1.807) is 0 Å². The number of aryl methyl sites for hydroxylation is 1. The quantitative estimate of drug-likeness (QED) is 0.840. The van der Waals surface area contributed by atoms with E-state index in [4.69, 9.17) is 0 Å². The largest absolute Gasteiger partial charge is 0.347 e. The zero-order valence-corrected chi connectivity index (χ0v) is 11.1. The predicted molar refractivity (Wildman–Crippen MR) is 70.6 cm³/mol. The van der Waals surface area contributed by atoms with Crippen molar-refractivity contribution in [1.29, 1.82) is 0 Å². The van der Waals surface area contributed by atoms with Crippen LogP contribution in [0.15, 0.2) is 18.3 Å². The normalized spacial score (nSPS) is 23.9. The van der Waals surface area contributed by atoms with Gasteiger partial charge in [0.1, 0.15) is 5.69 Å². The average Bonchev–Trinajstić information content (AvgIpc) is 2.68. The molecule has 1 aliphatic heterocycles. The molecule has 1 amide bonds. The molecule has 4 nitrogen and oxygen atoms in total. The van der Waals surface area contributed by atoms with Crippen molar-refractivity contribution < 1.29 is 4.79 Å². The summed E-state index contributed by atoms with van der Waals surface area (Å²) in [6.45, 7) is 3.17. The predicted octanol–water partition coefficient (Wildman–Crippen LogP) is 1.32. The molecule has 17 heavy (non-hydrogen) atoms. The summed E-state index contributed by atoms with van der Waals surface area (Å²) in [5.74, 6) is 0.0213. The van der Waals surface area contributed by atoms with Crippen LogP contribution in [0.2, 0.25) is 0 Å². The van der Waals surface area contributed by atoms with Crippen molar-refractivity contribution in [3.63, 3.8) is 0 Å². The lowest BCUT2D eigenvalue weighted by atomic mass is 10.00. The molecule has 1 aromatic rings. The Morgan fingerprint density at radius 3 is 2.94 bits per heavy atom. The van der Waals surface area contributed by atoms with Crippen molar-refractivity contribution in [2.45, 2.75) is 31.8 Å². The van der Waals surface area contributed by atoms with Crippen LogP contribution in [0, 0.1) is 0 Å². The van der Waals surface area contributed by atoms with Crippen molar-refractivity contribution in [2.75, 3.05) is 6.54 Å². The maximum absolute atomic E-state index is 12.0. The lowest BCUT2D eigenvalue weighted by Gasteiger charge is -2.30. The number of rotatable bonds is 2. The fourth-order valence-electron chi connectivity index (χ4n) is 2.18. The Bertz CT molecular complexity index is 378. The Kier molecular flexibility index (Phi) is 5.02. The van der Waals surface area contributed by atoms with E-state index in [9.17, 15) is 4.79 Å². The molecule has 2 heterocycles. The number of hydrogen-bond donors (Lipinski definition) is 2. The van der Waals surface area contributed by atoms with Crippen LogP contribution >= 0.6 is 12.4 Å². The maximum Gasteiger partial charge on any atom is 0.268 e. The molecular weight excluding hydrogens is 238 g/mol. The van der Waals surface area contributed by atoms with Crippen LogP contribution in [0.4, 0.5) is 0 Å². The van der Waals surface area contributed by atoms with E-state index in [0.29, 0.717) is 6.04 Å². The molecule has 2 rings (SSSR count). The number of aromatic nitrogens is 1. The fourth-order valence-corrected chi connectivity index (χ4v) is 2.18. The molecule has 2 atom stereocenters. The van der Waals surface area contributed by atoms with Gasteiger partial charge in [-0.2, -0.15) is 0 Å². The third kappa shape index (κ3) is 3.23. The molecule has 5 heteroatoms. The fraction of sp³-hybridized carbons (Fsp3) is 0.583. The summed E-state index contributed by atoms with van der Waals surface area (Å²) in [4.78, 5) is 12.0. The third-order valence-corrected chi connectivity index (χ3v) is 3.25. The number of carbonyl (C=O) groups excluding carboxylic acids is 1. The zero-order chi connectivity index (χ0) is 11.5. The molecule has 0 spiro atoms. The number of nitrogens with zero attached hydrogens (tertiary/aromatic N) is 1. The minimum atomic E-state index is 0. The van der Waals surface area contributed by atoms with Crippen molar-refractivity contribution in [3.8, 4) is 0 Å². The summed E-state index contributed by atoms with van der Waals surface area (Å²) in [6.07, 6.45) is 4.07. The highest BCUT2D eigenvalue weighted by molar-refractivity contribution is 5.92. The summed E-state index contributed by atoms with van der Waals surface area (Å²) >= 11 is 0. The summed E-state index contributed by atoms with van der Waals surface area (Å²) < 4.78 is 1.84. The van der Waals surface area contributed by atoms with E-state index in [2.05, 4.69) is 17.6 Å². The minimum absolute atomic E-state index is 0. The lowest BCUT2D eigenvalue weighted by Crippen LogP contribution is -2.52. The molecule has 0 aliphatic carbocycles. The Labute approximate surface area is 108 Å². The highest BCUT2D eigenvalue weighted by Crippen LogP contribution is 2.09. The SMILES string of the molecule is CC1NCCCC1NC(=O)c1cccn1C.Cl. The van der Waals surface area contributed by atoms with E-state index in [0.717, 1.165) is 25.1 Å². The average molecular weight is 258 g/mol. The smallest absolute Gasteiger partial charge is 0.268 e. The molecule has 1 aliphatic rings. The highest BCUT2D eigenvalue weighted by atomic mass is 35.5. The van der Waals surface area contributed by atoms with Crippen molar-refractivity contribution in [1.82, 2.24) is 15.2 Å². The van der Waals surface area contributed by atoms with E-state index >= 15 is 0 Å². The van der Waals surface area contributed by atoms with E-state index < -0.39 is 0 Å². The first-order chi connectivity index (χ1) is 7.68. The standard InChI is InChI=1S/C12H19N3O.ClH/c1-9-10(5-3-7-13-9)14-12(16)11-6-4-8-15(11)2;/h4,6,8-10,13H,3,5,7H2,1-2H3,(H,14,16);1H. The molecule has 2 unspecified atom stereocenters. The van der Waals surface area contributed by atoms with Gasteiger partial charge in [-0.25, -0.2) is 0 Å². The molecule has 1 aromatic heterocycles. The number of amides is 1. The molecule has 0 radical (unpaired) electrons. The maximum atomic E-state index is 12.0. The van der Waals surface area contributed by atoms with E-state index in [1.165, 1.54) is 0 Å². The molecule has 96 valence electrons. The first kappa shape index (κ1) is 14.1. The molecular formula is C12H20ClN3O. The van der Waals surface area contributed by atoms with Gasteiger partial charge >= 0.3 is 0 Å². The van der Waals surface area contributed by atoms with Gasteiger partial charge in [0.2, 0.25) is 0 Å². The first-order valence-corrected chi connectivity index (χ1v) is 5.84. The number of piperidine rings is 1. The summed E-state index contributed by atoms with van der Waals surface area (Å²) in [5, 5.41) is 6.47. The van der Waals surface area contributed by atoms with Crippen LogP contribution in [0.1, 0.15) is 30.3 Å². The second-order valence-electron chi connectivity index (χ2n) is 4.47. The van der Waals surface area contributed by atoms with Gasteiger partial charge in [0.05, 0.1) is 0 Å². The Hall–Kier alpha value is -1.00. The number of carbonyl (C=O) groups is 1. The Morgan fingerprint density at radius 2 is 2.35 bits per heavy atom. The van der Waals surface area contributed by atoms with Gasteiger partial charge in [0, 0.05) is 25.3 Å². The summed E-state index contributed by atoms with van der Waals surface area (Å²) in [7, 11) is 1.89. The monoisotopic (exact) mass is 257 g/mol. The van der Waals surface area contributed by atoms with Crippen LogP contribution in [-0.2, 0) is 7.05 Å². The zero-order valence-electron chi connectivity index (χ0n) is 10.3. The molecule has 0 bridgehead atoms. The Balaban J connectivity index is 0.00000144. The second kappa shape index (κ2) is 6.07. The highest BCUT2D eigenvalue weighted by Gasteiger charge is 2.23. The van der Waals surface area contributed by atoms with Gasteiger partial charge in [-0.3, -0.25) is 4.79 Å². The van der Waals surface area contributed by atoms with Crippen molar-refractivity contribution in [2.24, 2.45) is 7.05 Å². The number of nitrogens with one attached hydrogen (secondary N) is 2. The van der Waals surface area contributed by atoms with E-state index in [-0.39, 0.29) is 24.4 Å². The van der Waals surface area contributed by atoms with Crippen LogP contribution in [0.25, 0.3) is 0 Å². The van der Waals surface area contributed by atoms with Crippen LogP contribution in [-0.4, -0.2) is 29.1 Å². The lowest BCUT2D eigenvalue weighted by molar-refractivity contribution is 0.0911. The van der Waals surface area contributed by atoms with Gasteiger partial charge in [-0.1, -0.05) is 0 Å². The van der Waals surface area contributed by atoms with Crippen molar-refractivity contribution >= 4 is 18.3 Å². The molecule has 1 fully saturated rings. The molecule has 2 N–H and O–H groups in total. The number of halogens is 1. The third-order valence-electron chi connectivity index (χ3n) is 3.25. The van der Waals surface area contributed by atoms with Crippen LogP contribution < -0.4 is 10.6 Å². The van der Waals surface area contributed by atoms with E-state index in [1.807, 2.05) is 29.9 Å². The first-order valence-electron chi connectivity index (χ1n) is 5.84. The van der Waals surface area contributed by atoms with Gasteiger partial charge in [-0.05, 0) is 38.4 Å². The van der Waals surface area contributed by atoms with Gasteiger partial charge < -0.3 is 15.2 Å². The topological polar surface area (TPSA) is 46.1 Å². The van der Waals surface area contributed by atoms with Crippen LogP contribution in [0.5, 0.6) is 0 Å². The van der Waals surface area contributed by atoms with Gasteiger partial charge in [0.15, 0.2) is 0 Å². The Morgan fingerprint density at radius 1 is 1.59 bits per heavy atom. The van der Waals surface area contributed by atoms with Crippen LogP contribution in [0.3, 0.4) is 0 Å². The molecule has 0 aromatic carbocycles.